The van der Waals surface area contributed by atoms with Crippen molar-refractivity contribution in [2.45, 2.75) is 18.4 Å². The first kappa shape index (κ1) is 22.2. The van der Waals surface area contributed by atoms with Crippen LogP contribution in [0.15, 0.2) is 89.5 Å². The van der Waals surface area contributed by atoms with Crippen LogP contribution in [0.2, 0.25) is 0 Å². The lowest BCUT2D eigenvalue weighted by molar-refractivity contribution is -0.164. The Morgan fingerprint density at radius 2 is 1.39 bits per heavy atom. The molecule has 0 aliphatic heterocycles. The molecule has 6 nitrogen and oxygen atoms in total. The predicted molar refractivity (Wildman–Crippen MR) is 110 cm³/mol. The van der Waals surface area contributed by atoms with Gasteiger partial charge in [0.05, 0.1) is 5.56 Å². The van der Waals surface area contributed by atoms with Gasteiger partial charge in [-0.1, -0.05) is 78.0 Å². The number of esters is 1. The molecular weight excluding hydrogens is 437 g/mol. The Hall–Kier alpha value is -3.98. The third-order valence-electron chi connectivity index (χ3n) is 4.94. The maximum absolute atomic E-state index is 13.0. The van der Waals surface area contributed by atoms with Crippen LogP contribution >= 0.6 is 0 Å². The number of ether oxygens (including phenoxy) is 1. The largest absolute Gasteiger partial charge is 0.453 e. The number of benzene rings is 3. The molecule has 1 heterocycles. The second kappa shape index (κ2) is 8.87. The average molecular weight is 454 g/mol. The number of alkyl halides is 3. The summed E-state index contributed by atoms with van der Waals surface area (Å²) in [6.07, 6.45) is -4.45. The number of hydrogen-bond donors (Lipinski definition) is 1. The van der Waals surface area contributed by atoms with E-state index in [-0.39, 0.29) is 11.7 Å². The van der Waals surface area contributed by atoms with Crippen LogP contribution in [0.4, 0.5) is 13.2 Å². The first-order valence-electron chi connectivity index (χ1n) is 9.79. The van der Waals surface area contributed by atoms with E-state index < -0.39 is 29.9 Å². The molecule has 0 saturated carbocycles. The fourth-order valence-corrected chi connectivity index (χ4v) is 3.23. The highest BCUT2D eigenvalue weighted by Crippen LogP contribution is 2.32. The molecule has 0 spiro atoms. The van der Waals surface area contributed by atoms with E-state index in [9.17, 15) is 23.1 Å². The van der Waals surface area contributed by atoms with Crippen LogP contribution in [0.5, 0.6) is 0 Å². The van der Waals surface area contributed by atoms with Crippen LogP contribution < -0.4 is 0 Å². The lowest BCUT2D eigenvalue weighted by atomic mass is 9.86. The van der Waals surface area contributed by atoms with Crippen molar-refractivity contribution >= 4 is 5.97 Å². The smallest absolute Gasteiger partial charge is 0.416 e. The maximum Gasteiger partial charge on any atom is 0.416 e. The minimum atomic E-state index is -4.45. The molecule has 1 N–H and O–H groups in total. The van der Waals surface area contributed by atoms with Gasteiger partial charge in [0, 0.05) is 5.56 Å². The normalized spacial score (nSPS) is 11.9. The fourth-order valence-electron chi connectivity index (χ4n) is 3.23. The molecule has 0 aliphatic rings. The van der Waals surface area contributed by atoms with Gasteiger partial charge in [0.25, 0.3) is 5.89 Å². The predicted octanol–water partition coefficient (Wildman–Crippen LogP) is 4.73. The lowest BCUT2D eigenvalue weighted by Crippen LogP contribution is -2.38. The quantitative estimate of drug-likeness (QED) is 0.424. The van der Waals surface area contributed by atoms with Crippen LogP contribution in [0.3, 0.4) is 0 Å². The summed E-state index contributed by atoms with van der Waals surface area (Å²) < 4.78 is 48.5. The molecule has 0 fully saturated rings. The second-order valence-electron chi connectivity index (χ2n) is 7.11. The van der Waals surface area contributed by atoms with E-state index in [0.29, 0.717) is 16.7 Å². The number of carbonyl (C=O) groups is 1. The molecule has 1 aromatic heterocycles. The van der Waals surface area contributed by atoms with Gasteiger partial charge >= 0.3 is 12.1 Å². The van der Waals surface area contributed by atoms with Crippen molar-refractivity contribution in [2.75, 3.05) is 0 Å². The monoisotopic (exact) mass is 454 g/mol. The highest BCUT2D eigenvalue weighted by molar-refractivity contribution is 5.85. The molecule has 0 saturated heterocycles. The van der Waals surface area contributed by atoms with Crippen molar-refractivity contribution in [3.63, 3.8) is 0 Å². The number of nitrogens with zero attached hydrogens (tertiary/aromatic N) is 2. The van der Waals surface area contributed by atoms with Gasteiger partial charge in [-0.05, 0) is 23.3 Å². The van der Waals surface area contributed by atoms with E-state index in [2.05, 4.69) is 10.1 Å². The molecule has 9 heteroatoms. The summed E-state index contributed by atoms with van der Waals surface area (Å²) in [4.78, 5) is 17.0. The Morgan fingerprint density at radius 3 is 1.91 bits per heavy atom. The van der Waals surface area contributed by atoms with Gasteiger partial charge in [-0.3, -0.25) is 0 Å². The van der Waals surface area contributed by atoms with E-state index in [4.69, 9.17) is 9.26 Å². The molecule has 0 bridgehead atoms. The zero-order chi connectivity index (χ0) is 23.5. The van der Waals surface area contributed by atoms with E-state index in [1.165, 1.54) is 12.1 Å². The maximum atomic E-state index is 13.0. The Labute approximate surface area is 186 Å². The lowest BCUT2D eigenvalue weighted by Gasteiger charge is -2.26. The van der Waals surface area contributed by atoms with E-state index in [1.807, 2.05) is 0 Å². The molecule has 0 aliphatic carbocycles. The standard InChI is InChI=1S/C24H17F3N2O4/c25-24(26,27)19-13-11-16(12-14-19)21-28-20(33-29-21)15-32-22(30)23(31,17-7-3-1-4-8-17)18-9-5-2-6-10-18/h1-14,31H,15H2. The van der Waals surface area contributed by atoms with Crippen molar-refractivity contribution in [2.24, 2.45) is 0 Å². The van der Waals surface area contributed by atoms with E-state index >= 15 is 0 Å². The summed E-state index contributed by atoms with van der Waals surface area (Å²) in [6.45, 7) is -0.436. The molecule has 0 atom stereocenters. The Kier molecular flexibility index (Phi) is 5.97. The average Bonchev–Trinajstić information content (AvgIpc) is 3.32. The third kappa shape index (κ3) is 4.63. The topological polar surface area (TPSA) is 85.5 Å². The summed E-state index contributed by atoms with van der Waals surface area (Å²) in [7, 11) is 0. The highest BCUT2D eigenvalue weighted by atomic mass is 19.4. The number of rotatable bonds is 6. The highest BCUT2D eigenvalue weighted by Gasteiger charge is 2.41. The van der Waals surface area contributed by atoms with E-state index in [0.717, 1.165) is 12.1 Å². The number of aliphatic hydroxyl groups is 1. The Morgan fingerprint density at radius 1 is 0.848 bits per heavy atom. The van der Waals surface area contributed by atoms with Gasteiger partial charge in [-0.25, -0.2) is 4.79 Å². The molecule has 33 heavy (non-hydrogen) atoms. The molecule has 168 valence electrons. The molecule has 0 amide bonds. The molecular formula is C24H17F3N2O4. The van der Waals surface area contributed by atoms with Gasteiger partial charge in [-0.15, -0.1) is 0 Å². The van der Waals surface area contributed by atoms with Crippen molar-refractivity contribution in [3.8, 4) is 11.4 Å². The number of aromatic nitrogens is 2. The van der Waals surface area contributed by atoms with Gasteiger partial charge in [0.1, 0.15) is 0 Å². The number of halogens is 3. The first-order chi connectivity index (χ1) is 15.8. The van der Waals surface area contributed by atoms with Crippen LogP contribution in [0.1, 0.15) is 22.6 Å². The van der Waals surface area contributed by atoms with Crippen LogP contribution in [-0.4, -0.2) is 21.2 Å². The van der Waals surface area contributed by atoms with Crippen molar-refractivity contribution in [3.05, 3.63) is 108 Å². The van der Waals surface area contributed by atoms with Gasteiger partial charge in [0.2, 0.25) is 11.4 Å². The summed E-state index contributed by atoms with van der Waals surface area (Å²) in [5.74, 6) is -0.993. The van der Waals surface area contributed by atoms with Gasteiger partial charge in [-0.2, -0.15) is 18.2 Å². The summed E-state index contributed by atoms with van der Waals surface area (Å²) in [5.41, 5.74) is -1.94. The van der Waals surface area contributed by atoms with Gasteiger partial charge in [0.15, 0.2) is 6.61 Å². The molecule has 0 radical (unpaired) electrons. The van der Waals surface area contributed by atoms with Crippen LogP contribution in [0.25, 0.3) is 11.4 Å². The number of hydrogen-bond acceptors (Lipinski definition) is 6. The van der Waals surface area contributed by atoms with Crippen LogP contribution in [-0.2, 0) is 27.9 Å². The minimum Gasteiger partial charge on any atom is -0.453 e. The zero-order valence-electron chi connectivity index (χ0n) is 17.0. The van der Waals surface area contributed by atoms with Crippen LogP contribution in [0, 0.1) is 0 Å². The first-order valence-corrected chi connectivity index (χ1v) is 9.79. The molecule has 4 rings (SSSR count). The summed E-state index contributed by atoms with van der Waals surface area (Å²) in [6, 6.07) is 20.9. The van der Waals surface area contributed by atoms with Gasteiger partial charge < -0.3 is 14.4 Å². The van der Waals surface area contributed by atoms with Crippen molar-refractivity contribution in [1.29, 1.82) is 0 Å². The third-order valence-corrected chi connectivity index (χ3v) is 4.94. The Balaban J connectivity index is 1.52. The zero-order valence-corrected chi connectivity index (χ0v) is 17.0. The molecule has 4 aromatic rings. The molecule has 3 aromatic carbocycles. The second-order valence-corrected chi connectivity index (χ2v) is 7.11. The summed E-state index contributed by atoms with van der Waals surface area (Å²) in [5, 5.41) is 15.1. The SMILES string of the molecule is O=C(OCc1nc(-c2ccc(C(F)(F)F)cc2)no1)C(O)(c1ccccc1)c1ccccc1. The van der Waals surface area contributed by atoms with Crippen molar-refractivity contribution in [1.82, 2.24) is 10.1 Å². The molecule has 0 unspecified atom stereocenters. The Bertz CT molecular complexity index is 1180. The number of carbonyl (C=O) groups excluding carboxylic acids is 1. The minimum absolute atomic E-state index is 0.0381. The summed E-state index contributed by atoms with van der Waals surface area (Å²) >= 11 is 0. The van der Waals surface area contributed by atoms with Crippen molar-refractivity contribution < 1.29 is 32.3 Å². The fraction of sp³-hybridized carbons (Fsp3) is 0.125. The van der Waals surface area contributed by atoms with E-state index in [1.54, 1.807) is 60.7 Å².